The van der Waals surface area contributed by atoms with Crippen LogP contribution in [0.5, 0.6) is 0 Å². The molecule has 2 heteroatoms. The Morgan fingerprint density at radius 2 is 2.08 bits per heavy atom. The predicted octanol–water partition coefficient (Wildman–Crippen LogP) is 3.07. The average molecular weight is 184 g/mol. The maximum Gasteiger partial charge on any atom is 0.303 e. The second kappa shape index (κ2) is 6.70. The third kappa shape index (κ3) is 5.45. The standard InChI is InChI=1S/C11H20O2/c1-5-7-8-11(9(3)6-2)13-10(4)12/h11H,3,5-8H2,1-2,4H3. The lowest BCUT2D eigenvalue weighted by atomic mass is 10.0. The Morgan fingerprint density at radius 3 is 2.46 bits per heavy atom. The van der Waals surface area contributed by atoms with Crippen molar-refractivity contribution >= 4 is 5.97 Å². The van der Waals surface area contributed by atoms with Gasteiger partial charge in [0.1, 0.15) is 6.10 Å². The minimum atomic E-state index is -0.212. The molecule has 0 aliphatic heterocycles. The summed E-state index contributed by atoms with van der Waals surface area (Å²) in [4.78, 5) is 10.8. The molecule has 0 aromatic heterocycles. The van der Waals surface area contributed by atoms with Crippen molar-refractivity contribution in [3.63, 3.8) is 0 Å². The molecule has 1 atom stereocenters. The Balaban J connectivity index is 4.02. The van der Waals surface area contributed by atoms with E-state index in [2.05, 4.69) is 13.5 Å². The van der Waals surface area contributed by atoms with Gasteiger partial charge < -0.3 is 4.74 Å². The van der Waals surface area contributed by atoms with E-state index in [0.717, 1.165) is 31.3 Å². The van der Waals surface area contributed by atoms with Gasteiger partial charge in [-0.25, -0.2) is 0 Å². The largest absolute Gasteiger partial charge is 0.458 e. The fourth-order valence-corrected chi connectivity index (χ4v) is 1.16. The summed E-state index contributed by atoms with van der Waals surface area (Å²) < 4.78 is 5.17. The van der Waals surface area contributed by atoms with Crippen molar-refractivity contribution in [2.45, 2.75) is 52.6 Å². The number of carbonyl (C=O) groups is 1. The molecule has 2 nitrogen and oxygen atoms in total. The lowest BCUT2D eigenvalue weighted by Crippen LogP contribution is -2.18. The zero-order chi connectivity index (χ0) is 10.3. The fraction of sp³-hybridized carbons (Fsp3) is 0.727. The van der Waals surface area contributed by atoms with Crippen LogP contribution in [0.2, 0.25) is 0 Å². The zero-order valence-electron chi connectivity index (χ0n) is 8.93. The van der Waals surface area contributed by atoms with Crippen LogP contribution in [0.1, 0.15) is 46.5 Å². The van der Waals surface area contributed by atoms with Gasteiger partial charge in [0.2, 0.25) is 0 Å². The van der Waals surface area contributed by atoms with E-state index in [4.69, 9.17) is 4.74 Å². The summed E-state index contributed by atoms with van der Waals surface area (Å²) in [5.74, 6) is -0.212. The quantitative estimate of drug-likeness (QED) is 0.468. The molecule has 0 saturated carbocycles. The van der Waals surface area contributed by atoms with Gasteiger partial charge in [0.25, 0.3) is 0 Å². The van der Waals surface area contributed by atoms with Crippen LogP contribution in [0, 0.1) is 0 Å². The smallest absolute Gasteiger partial charge is 0.303 e. The van der Waals surface area contributed by atoms with Crippen molar-refractivity contribution in [1.82, 2.24) is 0 Å². The Bertz CT molecular complexity index is 173. The van der Waals surface area contributed by atoms with Crippen molar-refractivity contribution in [3.05, 3.63) is 12.2 Å². The van der Waals surface area contributed by atoms with Crippen LogP contribution < -0.4 is 0 Å². The van der Waals surface area contributed by atoms with Crippen molar-refractivity contribution in [2.75, 3.05) is 0 Å². The maximum absolute atomic E-state index is 10.8. The van der Waals surface area contributed by atoms with Gasteiger partial charge in [-0.2, -0.15) is 0 Å². The van der Waals surface area contributed by atoms with Gasteiger partial charge in [0.15, 0.2) is 0 Å². The molecule has 0 aromatic carbocycles. The van der Waals surface area contributed by atoms with E-state index in [9.17, 15) is 4.79 Å². The van der Waals surface area contributed by atoms with Crippen molar-refractivity contribution < 1.29 is 9.53 Å². The molecule has 0 rings (SSSR count). The number of hydrogen-bond acceptors (Lipinski definition) is 2. The predicted molar refractivity (Wildman–Crippen MR) is 54.5 cm³/mol. The van der Waals surface area contributed by atoms with Crippen LogP contribution in [0.4, 0.5) is 0 Å². The molecule has 76 valence electrons. The average Bonchev–Trinajstić information content (AvgIpc) is 2.10. The van der Waals surface area contributed by atoms with E-state index in [1.165, 1.54) is 6.92 Å². The highest BCUT2D eigenvalue weighted by molar-refractivity contribution is 5.66. The molecule has 0 aliphatic carbocycles. The number of ether oxygens (including phenoxy) is 1. The molecule has 0 aliphatic rings. The molecule has 0 fully saturated rings. The van der Waals surface area contributed by atoms with Crippen molar-refractivity contribution in [1.29, 1.82) is 0 Å². The first-order valence-corrected chi connectivity index (χ1v) is 4.96. The number of rotatable bonds is 6. The minimum Gasteiger partial charge on any atom is -0.458 e. The van der Waals surface area contributed by atoms with Gasteiger partial charge in [-0.15, -0.1) is 0 Å². The van der Waals surface area contributed by atoms with Gasteiger partial charge in [-0.1, -0.05) is 26.8 Å². The summed E-state index contributed by atoms with van der Waals surface area (Å²) in [7, 11) is 0. The van der Waals surface area contributed by atoms with Crippen LogP contribution >= 0.6 is 0 Å². The molecule has 1 unspecified atom stereocenters. The summed E-state index contributed by atoms with van der Waals surface area (Å²) in [5.41, 5.74) is 1.02. The highest BCUT2D eigenvalue weighted by Gasteiger charge is 2.13. The molecule has 0 saturated heterocycles. The molecule has 0 N–H and O–H groups in total. The molecular weight excluding hydrogens is 164 g/mol. The van der Waals surface area contributed by atoms with Gasteiger partial charge in [0, 0.05) is 6.92 Å². The fourth-order valence-electron chi connectivity index (χ4n) is 1.16. The first-order valence-electron chi connectivity index (χ1n) is 4.96. The second-order valence-corrected chi connectivity index (χ2v) is 3.25. The van der Waals surface area contributed by atoms with Gasteiger partial charge in [-0.3, -0.25) is 4.79 Å². The third-order valence-corrected chi connectivity index (χ3v) is 2.04. The Morgan fingerprint density at radius 1 is 1.46 bits per heavy atom. The Hall–Kier alpha value is -0.790. The maximum atomic E-state index is 10.8. The summed E-state index contributed by atoms with van der Waals surface area (Å²) in [5, 5.41) is 0. The summed E-state index contributed by atoms with van der Waals surface area (Å²) in [6.45, 7) is 9.51. The van der Waals surface area contributed by atoms with Crippen molar-refractivity contribution in [3.8, 4) is 0 Å². The monoisotopic (exact) mass is 184 g/mol. The molecule has 0 heterocycles. The first kappa shape index (κ1) is 12.2. The number of hydrogen-bond donors (Lipinski definition) is 0. The summed E-state index contributed by atoms with van der Waals surface area (Å²) in [6.07, 6.45) is 3.92. The van der Waals surface area contributed by atoms with Crippen LogP contribution in [-0.2, 0) is 9.53 Å². The van der Waals surface area contributed by atoms with E-state index in [0.29, 0.717) is 0 Å². The van der Waals surface area contributed by atoms with E-state index in [-0.39, 0.29) is 12.1 Å². The van der Waals surface area contributed by atoms with Gasteiger partial charge in [-0.05, 0) is 24.8 Å². The normalized spacial score (nSPS) is 12.2. The lowest BCUT2D eigenvalue weighted by Gasteiger charge is -2.18. The van der Waals surface area contributed by atoms with Gasteiger partial charge in [0.05, 0.1) is 0 Å². The van der Waals surface area contributed by atoms with Gasteiger partial charge >= 0.3 is 5.97 Å². The molecule has 0 aromatic rings. The number of unbranched alkanes of at least 4 members (excludes halogenated alkanes) is 1. The molecule has 0 bridgehead atoms. The zero-order valence-corrected chi connectivity index (χ0v) is 8.93. The number of esters is 1. The Kier molecular flexibility index (Phi) is 6.29. The molecule has 13 heavy (non-hydrogen) atoms. The van der Waals surface area contributed by atoms with Crippen LogP contribution in [0.25, 0.3) is 0 Å². The van der Waals surface area contributed by atoms with Crippen LogP contribution in [0.3, 0.4) is 0 Å². The highest BCUT2D eigenvalue weighted by atomic mass is 16.5. The van der Waals surface area contributed by atoms with E-state index < -0.39 is 0 Å². The number of carbonyl (C=O) groups excluding carboxylic acids is 1. The second-order valence-electron chi connectivity index (χ2n) is 3.25. The Labute approximate surface area is 81.0 Å². The van der Waals surface area contributed by atoms with E-state index in [1.54, 1.807) is 0 Å². The van der Waals surface area contributed by atoms with E-state index in [1.807, 2.05) is 6.92 Å². The molecule has 0 spiro atoms. The molecule has 0 amide bonds. The topological polar surface area (TPSA) is 26.3 Å². The van der Waals surface area contributed by atoms with E-state index >= 15 is 0 Å². The van der Waals surface area contributed by atoms with Crippen LogP contribution in [0.15, 0.2) is 12.2 Å². The first-order chi connectivity index (χ1) is 6.11. The third-order valence-electron chi connectivity index (χ3n) is 2.04. The lowest BCUT2D eigenvalue weighted by molar-refractivity contribution is -0.144. The molecular formula is C11H20O2. The SMILES string of the molecule is C=C(CC)C(CCCC)OC(C)=O. The summed E-state index contributed by atoms with van der Waals surface area (Å²) >= 11 is 0. The highest BCUT2D eigenvalue weighted by Crippen LogP contribution is 2.15. The minimum absolute atomic E-state index is 0.0672. The van der Waals surface area contributed by atoms with Crippen molar-refractivity contribution in [2.24, 2.45) is 0 Å². The molecule has 0 radical (unpaired) electrons. The summed E-state index contributed by atoms with van der Waals surface area (Å²) in [6, 6.07) is 0. The van der Waals surface area contributed by atoms with Crippen LogP contribution in [-0.4, -0.2) is 12.1 Å².